The number of hydrogen-bond acceptors (Lipinski definition) is 5. The number of anilines is 1. The van der Waals surface area contributed by atoms with Crippen molar-refractivity contribution in [2.75, 3.05) is 5.73 Å². The van der Waals surface area contributed by atoms with Crippen molar-refractivity contribution in [3.05, 3.63) is 59.7 Å². The summed E-state index contributed by atoms with van der Waals surface area (Å²) in [4.78, 5) is 4.18. The van der Waals surface area contributed by atoms with Gasteiger partial charge in [-0.05, 0) is 43.0 Å². The lowest BCUT2D eigenvalue weighted by atomic mass is 9.78. The number of benzene rings is 2. The van der Waals surface area contributed by atoms with E-state index in [4.69, 9.17) is 5.73 Å². The van der Waals surface area contributed by atoms with Crippen LogP contribution in [0.5, 0.6) is 0 Å². The Balaban J connectivity index is 2.31. The Labute approximate surface area is 159 Å². The zero-order valence-electron chi connectivity index (χ0n) is 15.9. The van der Waals surface area contributed by atoms with E-state index in [0.717, 1.165) is 9.54 Å². The number of hydrogen-bond donors (Lipinski definition) is 2. The van der Waals surface area contributed by atoms with Gasteiger partial charge in [0.1, 0.15) is 5.60 Å². The second-order valence-corrected chi connectivity index (χ2v) is 9.66. The van der Waals surface area contributed by atoms with E-state index in [2.05, 4.69) is 4.98 Å². The van der Waals surface area contributed by atoms with E-state index in [1.165, 1.54) is 0 Å². The minimum Gasteiger partial charge on any atom is -0.380 e. The van der Waals surface area contributed by atoms with Crippen LogP contribution in [0.2, 0.25) is 0 Å². The molecule has 0 spiro atoms. The first kappa shape index (κ1) is 19.4. The van der Waals surface area contributed by atoms with Gasteiger partial charge >= 0.3 is 0 Å². The summed E-state index contributed by atoms with van der Waals surface area (Å²) in [5, 5.41) is 10.9. The summed E-state index contributed by atoms with van der Waals surface area (Å²) in [6.07, 6.45) is 0. The van der Waals surface area contributed by atoms with E-state index in [-0.39, 0.29) is 11.9 Å². The van der Waals surface area contributed by atoms with Crippen LogP contribution in [0.3, 0.4) is 0 Å². The molecular weight excluding hydrogens is 362 g/mol. The van der Waals surface area contributed by atoms with Crippen molar-refractivity contribution < 1.29 is 13.5 Å². The fourth-order valence-electron chi connectivity index (χ4n) is 3.31. The smallest absolute Gasteiger partial charge is 0.244 e. The third-order valence-electron chi connectivity index (χ3n) is 4.98. The summed E-state index contributed by atoms with van der Waals surface area (Å²) in [5.41, 5.74) is 6.82. The van der Waals surface area contributed by atoms with Crippen molar-refractivity contribution in [3.63, 3.8) is 0 Å². The minimum atomic E-state index is -3.69. The average Bonchev–Trinajstić information content (AvgIpc) is 2.96. The van der Waals surface area contributed by atoms with Crippen molar-refractivity contribution in [2.45, 2.75) is 38.5 Å². The average molecular weight is 388 g/mol. The molecule has 3 aromatic rings. The molecule has 144 valence electrons. The second kappa shape index (κ2) is 6.65. The van der Waals surface area contributed by atoms with E-state index < -0.39 is 20.9 Å². The number of rotatable bonds is 5. The van der Waals surface area contributed by atoms with Crippen LogP contribution in [0.4, 0.5) is 5.95 Å². The predicted octanol–water partition coefficient (Wildman–Crippen LogP) is 3.10. The molecule has 1 heterocycles. The molecule has 2 aromatic carbocycles. The van der Waals surface area contributed by atoms with Gasteiger partial charge in [0.25, 0.3) is 0 Å². The Morgan fingerprint density at radius 1 is 1.04 bits per heavy atom. The molecule has 0 saturated carbocycles. The van der Waals surface area contributed by atoms with Crippen LogP contribution in [-0.4, -0.2) is 27.7 Å². The maximum atomic E-state index is 12.8. The summed E-state index contributed by atoms with van der Waals surface area (Å²) in [5.74, 6) is -0.226. The lowest BCUT2D eigenvalue weighted by molar-refractivity contribution is 0.0319. The van der Waals surface area contributed by atoms with Crippen LogP contribution < -0.4 is 5.73 Å². The van der Waals surface area contributed by atoms with Crippen LogP contribution in [0.1, 0.15) is 38.8 Å². The molecule has 1 atom stereocenters. The molecule has 0 bridgehead atoms. The maximum Gasteiger partial charge on any atom is 0.244 e. The van der Waals surface area contributed by atoms with Crippen LogP contribution in [0.15, 0.2) is 48.5 Å². The van der Waals surface area contributed by atoms with Crippen molar-refractivity contribution in [3.8, 4) is 0 Å². The highest BCUT2D eigenvalue weighted by atomic mass is 32.2. The molecule has 3 rings (SSSR count). The van der Waals surface area contributed by atoms with Crippen LogP contribution in [0, 0.1) is 5.92 Å². The number of aliphatic hydroxyl groups is 1. The molecule has 0 amide bonds. The monoisotopic (exact) mass is 387 g/mol. The van der Waals surface area contributed by atoms with Crippen LogP contribution in [-0.2, 0) is 15.6 Å². The van der Waals surface area contributed by atoms with Gasteiger partial charge in [0.05, 0.1) is 16.3 Å². The first-order chi connectivity index (χ1) is 12.6. The van der Waals surface area contributed by atoms with Crippen molar-refractivity contribution in [1.29, 1.82) is 0 Å². The first-order valence-electron chi connectivity index (χ1n) is 8.91. The predicted molar refractivity (Wildman–Crippen MR) is 108 cm³/mol. The molecule has 0 radical (unpaired) electrons. The standard InChI is InChI=1S/C20H25N3O3S/c1-13(2)20(24,15-8-6-5-7-9-15)16-10-11-17-18(12-16)23(19(21)22-17)27(25,26)14(3)4/h5-14,24H,1-4H3,(H2,21,22). The molecule has 7 heteroatoms. The zero-order valence-corrected chi connectivity index (χ0v) is 16.7. The molecular formula is C20H25N3O3S. The van der Waals surface area contributed by atoms with E-state index in [9.17, 15) is 13.5 Å². The zero-order chi connectivity index (χ0) is 20.0. The fraction of sp³-hybridized carbons (Fsp3) is 0.350. The van der Waals surface area contributed by atoms with E-state index in [1.54, 1.807) is 32.0 Å². The van der Waals surface area contributed by atoms with E-state index in [0.29, 0.717) is 16.6 Å². The van der Waals surface area contributed by atoms with Crippen LogP contribution >= 0.6 is 0 Å². The van der Waals surface area contributed by atoms with Gasteiger partial charge in [0.2, 0.25) is 16.0 Å². The van der Waals surface area contributed by atoms with Gasteiger partial charge < -0.3 is 10.8 Å². The molecule has 1 unspecified atom stereocenters. The highest BCUT2D eigenvalue weighted by molar-refractivity contribution is 7.90. The van der Waals surface area contributed by atoms with Crippen molar-refractivity contribution in [1.82, 2.24) is 8.96 Å². The second-order valence-electron chi connectivity index (χ2n) is 7.32. The highest BCUT2D eigenvalue weighted by Gasteiger charge is 2.36. The topological polar surface area (TPSA) is 98.2 Å². The maximum absolute atomic E-state index is 12.8. The van der Waals surface area contributed by atoms with Gasteiger partial charge in [-0.1, -0.05) is 50.2 Å². The Hall–Kier alpha value is -2.38. The number of nitrogens with zero attached hydrogens (tertiary/aromatic N) is 2. The summed E-state index contributed by atoms with van der Waals surface area (Å²) in [6, 6.07) is 14.5. The molecule has 0 aliphatic rings. The molecule has 0 saturated heterocycles. The third kappa shape index (κ3) is 3.00. The summed E-state index contributed by atoms with van der Waals surface area (Å²) in [6.45, 7) is 7.04. The van der Waals surface area contributed by atoms with Gasteiger partial charge in [0, 0.05) is 0 Å². The number of aromatic nitrogens is 2. The minimum absolute atomic E-state index is 0.0800. The van der Waals surface area contributed by atoms with Gasteiger partial charge in [-0.2, -0.15) is 0 Å². The lowest BCUT2D eigenvalue weighted by Gasteiger charge is -2.33. The number of nitrogen functional groups attached to an aromatic ring is 1. The Morgan fingerprint density at radius 2 is 1.67 bits per heavy atom. The lowest BCUT2D eigenvalue weighted by Crippen LogP contribution is -2.33. The van der Waals surface area contributed by atoms with Crippen molar-refractivity contribution >= 4 is 27.0 Å². The Morgan fingerprint density at radius 3 is 2.22 bits per heavy atom. The molecule has 0 aliphatic carbocycles. The summed E-state index contributed by atoms with van der Waals surface area (Å²) >= 11 is 0. The molecule has 1 aromatic heterocycles. The van der Waals surface area contributed by atoms with Gasteiger partial charge in [-0.25, -0.2) is 17.4 Å². The third-order valence-corrected chi connectivity index (χ3v) is 7.06. The van der Waals surface area contributed by atoms with Gasteiger partial charge in [-0.3, -0.25) is 0 Å². The van der Waals surface area contributed by atoms with Crippen LogP contribution in [0.25, 0.3) is 11.0 Å². The molecule has 0 aliphatic heterocycles. The van der Waals surface area contributed by atoms with Gasteiger partial charge in [0.15, 0.2) is 0 Å². The summed E-state index contributed by atoms with van der Waals surface area (Å²) < 4.78 is 26.6. The largest absolute Gasteiger partial charge is 0.380 e. The highest BCUT2D eigenvalue weighted by Crippen LogP contribution is 2.38. The quantitative estimate of drug-likeness (QED) is 0.701. The van der Waals surface area contributed by atoms with E-state index in [1.807, 2.05) is 44.2 Å². The SMILES string of the molecule is CC(C)C(O)(c1ccccc1)c1ccc2nc(N)n(S(=O)(=O)C(C)C)c2c1. The number of fused-ring (bicyclic) bond motifs is 1. The molecule has 3 N–H and O–H groups in total. The molecule has 6 nitrogen and oxygen atoms in total. The fourth-order valence-corrected chi connectivity index (χ4v) is 4.46. The first-order valence-corrected chi connectivity index (χ1v) is 10.4. The Bertz CT molecular complexity index is 1070. The van der Waals surface area contributed by atoms with Crippen molar-refractivity contribution in [2.24, 2.45) is 5.92 Å². The molecule has 0 fully saturated rings. The number of nitrogens with two attached hydrogens (primary N) is 1. The molecule has 27 heavy (non-hydrogen) atoms. The van der Waals surface area contributed by atoms with Gasteiger partial charge in [-0.15, -0.1) is 0 Å². The Kier molecular flexibility index (Phi) is 4.78. The number of imidazole rings is 1. The normalized spacial score (nSPS) is 14.8. The summed E-state index contributed by atoms with van der Waals surface area (Å²) in [7, 11) is -3.69. The van der Waals surface area contributed by atoms with E-state index >= 15 is 0 Å².